The molecule has 15 heavy (non-hydrogen) atoms. The lowest BCUT2D eigenvalue weighted by Gasteiger charge is -1.95. The van der Waals surface area contributed by atoms with Crippen LogP contribution in [0.1, 0.15) is 11.4 Å². The van der Waals surface area contributed by atoms with Crippen molar-refractivity contribution in [3.63, 3.8) is 0 Å². The summed E-state index contributed by atoms with van der Waals surface area (Å²) in [4.78, 5) is 14.7. The second-order valence-electron chi connectivity index (χ2n) is 3.18. The minimum absolute atomic E-state index is 0.799. The fourth-order valence-corrected chi connectivity index (χ4v) is 1.48. The van der Waals surface area contributed by atoms with E-state index in [1.807, 2.05) is 35.7 Å². The summed E-state index contributed by atoms with van der Waals surface area (Å²) in [6, 6.07) is 5.66. The van der Waals surface area contributed by atoms with Gasteiger partial charge in [0, 0.05) is 12.3 Å². The van der Waals surface area contributed by atoms with E-state index in [9.17, 15) is 4.79 Å². The van der Waals surface area contributed by atoms with Crippen LogP contribution < -0.4 is 0 Å². The van der Waals surface area contributed by atoms with Gasteiger partial charge in [0.1, 0.15) is 5.65 Å². The number of aliphatic carboxylic acids is 1. The third-order valence-electron chi connectivity index (χ3n) is 2.13. The molecule has 0 aliphatic rings. The van der Waals surface area contributed by atoms with Crippen LogP contribution in [0.5, 0.6) is 0 Å². The number of nitrogens with zero attached hydrogens (tertiary/aromatic N) is 2. The molecule has 0 aliphatic heterocycles. The first-order chi connectivity index (χ1) is 7.18. The first-order valence-electron chi connectivity index (χ1n) is 4.53. The molecule has 0 aromatic carbocycles. The maximum absolute atomic E-state index is 10.4. The summed E-state index contributed by atoms with van der Waals surface area (Å²) in [5.74, 6) is -0.958. The van der Waals surface area contributed by atoms with Gasteiger partial charge in [0.05, 0.1) is 11.4 Å². The number of hydrogen-bond donors (Lipinski definition) is 1. The van der Waals surface area contributed by atoms with Crippen LogP contribution in [0.2, 0.25) is 0 Å². The Labute approximate surface area is 86.5 Å². The molecule has 2 aromatic heterocycles. The van der Waals surface area contributed by atoms with Crippen molar-refractivity contribution in [2.24, 2.45) is 0 Å². The highest BCUT2D eigenvalue weighted by molar-refractivity contribution is 5.85. The Bertz CT molecular complexity index is 541. The summed E-state index contributed by atoms with van der Waals surface area (Å²) >= 11 is 0. The van der Waals surface area contributed by atoms with Gasteiger partial charge >= 0.3 is 5.97 Å². The fraction of sp³-hybridized carbons (Fsp3) is 0.0909. The maximum Gasteiger partial charge on any atom is 0.328 e. The van der Waals surface area contributed by atoms with Crippen LogP contribution in [0.25, 0.3) is 11.7 Å². The maximum atomic E-state index is 10.4. The first-order valence-corrected chi connectivity index (χ1v) is 4.53. The Morgan fingerprint density at radius 1 is 1.53 bits per heavy atom. The summed E-state index contributed by atoms with van der Waals surface area (Å²) in [6.45, 7) is 1.86. The number of imidazole rings is 1. The first kappa shape index (κ1) is 9.45. The molecule has 0 spiro atoms. The number of aryl methyl sites for hydroxylation is 1. The number of rotatable bonds is 2. The smallest absolute Gasteiger partial charge is 0.328 e. The molecule has 0 aliphatic carbocycles. The van der Waals surface area contributed by atoms with Crippen molar-refractivity contribution in [1.82, 2.24) is 9.38 Å². The molecule has 0 amide bonds. The van der Waals surface area contributed by atoms with Crippen LogP contribution in [0.4, 0.5) is 0 Å². The summed E-state index contributed by atoms with van der Waals surface area (Å²) < 4.78 is 1.86. The van der Waals surface area contributed by atoms with Gasteiger partial charge in [0.15, 0.2) is 0 Å². The molecular formula is C11H10N2O2. The number of pyridine rings is 1. The number of carbonyl (C=O) groups is 1. The Morgan fingerprint density at radius 2 is 2.33 bits per heavy atom. The van der Waals surface area contributed by atoms with E-state index in [4.69, 9.17) is 5.11 Å². The molecule has 4 nitrogen and oxygen atoms in total. The highest BCUT2D eigenvalue weighted by atomic mass is 16.4. The van der Waals surface area contributed by atoms with Crippen molar-refractivity contribution in [2.75, 3.05) is 0 Å². The molecule has 0 unspecified atom stereocenters. The third-order valence-corrected chi connectivity index (χ3v) is 2.13. The van der Waals surface area contributed by atoms with Gasteiger partial charge in [-0.15, -0.1) is 0 Å². The Balaban J connectivity index is 2.59. The normalized spacial score (nSPS) is 11.3. The predicted molar refractivity (Wildman–Crippen MR) is 56.6 cm³/mol. The van der Waals surface area contributed by atoms with Gasteiger partial charge in [-0.25, -0.2) is 9.78 Å². The molecular weight excluding hydrogens is 192 g/mol. The molecule has 0 saturated carbocycles. The van der Waals surface area contributed by atoms with Crippen molar-refractivity contribution in [3.05, 3.63) is 41.9 Å². The second kappa shape index (κ2) is 3.57. The van der Waals surface area contributed by atoms with Gasteiger partial charge in [0.25, 0.3) is 0 Å². The minimum atomic E-state index is -0.958. The van der Waals surface area contributed by atoms with Crippen LogP contribution >= 0.6 is 0 Å². The van der Waals surface area contributed by atoms with Crippen LogP contribution in [0, 0.1) is 6.92 Å². The summed E-state index contributed by atoms with van der Waals surface area (Å²) in [6.07, 6.45) is 4.53. The zero-order valence-corrected chi connectivity index (χ0v) is 8.21. The van der Waals surface area contributed by atoms with E-state index in [0.717, 1.165) is 23.1 Å². The van der Waals surface area contributed by atoms with E-state index < -0.39 is 5.97 Å². The predicted octanol–water partition coefficient (Wildman–Crippen LogP) is 1.74. The zero-order chi connectivity index (χ0) is 10.8. The van der Waals surface area contributed by atoms with E-state index >= 15 is 0 Å². The van der Waals surface area contributed by atoms with Crippen LogP contribution in [-0.4, -0.2) is 20.5 Å². The van der Waals surface area contributed by atoms with Gasteiger partial charge < -0.3 is 9.51 Å². The van der Waals surface area contributed by atoms with Gasteiger partial charge in [-0.05, 0) is 25.1 Å². The highest BCUT2D eigenvalue weighted by Gasteiger charge is 2.04. The molecule has 2 heterocycles. The average molecular weight is 202 g/mol. The monoisotopic (exact) mass is 202 g/mol. The molecule has 76 valence electrons. The number of carboxylic acid groups (broad SMARTS) is 1. The number of fused-ring (bicyclic) bond motifs is 1. The summed E-state index contributed by atoms with van der Waals surface area (Å²) in [7, 11) is 0. The van der Waals surface area contributed by atoms with Gasteiger partial charge in [-0.1, -0.05) is 6.07 Å². The third kappa shape index (κ3) is 1.74. The molecule has 4 heteroatoms. The van der Waals surface area contributed by atoms with E-state index in [1.165, 1.54) is 0 Å². The quantitative estimate of drug-likeness (QED) is 0.754. The number of hydrogen-bond acceptors (Lipinski definition) is 2. The molecule has 0 bridgehead atoms. The number of carboxylic acids is 1. The van der Waals surface area contributed by atoms with Crippen molar-refractivity contribution in [2.45, 2.75) is 6.92 Å². The van der Waals surface area contributed by atoms with Crippen molar-refractivity contribution in [1.29, 1.82) is 0 Å². The average Bonchev–Trinajstić information content (AvgIpc) is 2.50. The van der Waals surface area contributed by atoms with E-state index in [0.29, 0.717) is 0 Å². The lowest BCUT2D eigenvalue weighted by Crippen LogP contribution is -1.90. The van der Waals surface area contributed by atoms with Crippen LogP contribution in [0.3, 0.4) is 0 Å². The number of aromatic nitrogens is 2. The Kier molecular flexibility index (Phi) is 2.25. The lowest BCUT2D eigenvalue weighted by atomic mass is 10.3. The standard InChI is InChI=1S/C11H10N2O2/c1-8-9(5-6-11(14)15)13-7-3-2-4-10(13)12-8/h2-7H,1H3,(H,14,15). The molecule has 1 N–H and O–H groups in total. The second-order valence-corrected chi connectivity index (χ2v) is 3.18. The Morgan fingerprint density at radius 3 is 3.07 bits per heavy atom. The summed E-state index contributed by atoms with van der Waals surface area (Å²) in [5, 5.41) is 8.56. The molecule has 0 atom stereocenters. The minimum Gasteiger partial charge on any atom is -0.478 e. The molecule has 0 saturated heterocycles. The van der Waals surface area contributed by atoms with E-state index in [-0.39, 0.29) is 0 Å². The topological polar surface area (TPSA) is 54.6 Å². The molecule has 2 rings (SSSR count). The van der Waals surface area contributed by atoms with Crippen molar-refractivity contribution in [3.8, 4) is 0 Å². The largest absolute Gasteiger partial charge is 0.478 e. The van der Waals surface area contributed by atoms with Crippen LogP contribution in [-0.2, 0) is 4.79 Å². The SMILES string of the molecule is Cc1nc2ccccn2c1C=CC(=O)O. The highest BCUT2D eigenvalue weighted by Crippen LogP contribution is 2.12. The van der Waals surface area contributed by atoms with E-state index in [1.54, 1.807) is 6.08 Å². The van der Waals surface area contributed by atoms with Crippen molar-refractivity contribution < 1.29 is 9.90 Å². The molecule has 2 aromatic rings. The fourth-order valence-electron chi connectivity index (χ4n) is 1.48. The summed E-state index contributed by atoms with van der Waals surface area (Å²) in [5.41, 5.74) is 2.44. The molecule has 0 radical (unpaired) electrons. The lowest BCUT2D eigenvalue weighted by molar-refractivity contribution is -0.131. The van der Waals surface area contributed by atoms with Gasteiger partial charge in [0.2, 0.25) is 0 Å². The Hall–Kier alpha value is -2.10. The van der Waals surface area contributed by atoms with Gasteiger partial charge in [-0.2, -0.15) is 0 Å². The van der Waals surface area contributed by atoms with Crippen molar-refractivity contribution >= 4 is 17.7 Å². The van der Waals surface area contributed by atoms with E-state index in [2.05, 4.69) is 4.98 Å². The zero-order valence-electron chi connectivity index (χ0n) is 8.21. The van der Waals surface area contributed by atoms with Crippen LogP contribution in [0.15, 0.2) is 30.5 Å². The van der Waals surface area contributed by atoms with Gasteiger partial charge in [-0.3, -0.25) is 0 Å². The molecule has 0 fully saturated rings.